The summed E-state index contributed by atoms with van der Waals surface area (Å²) in [6.07, 6.45) is 1.69. The van der Waals surface area contributed by atoms with Crippen molar-refractivity contribution in [2.75, 3.05) is 0 Å². The summed E-state index contributed by atoms with van der Waals surface area (Å²) < 4.78 is 5.01. The van der Waals surface area contributed by atoms with Crippen LogP contribution in [0.25, 0.3) is 17.3 Å². The minimum absolute atomic E-state index is 0.251. The van der Waals surface area contributed by atoms with Gasteiger partial charge in [0, 0.05) is 17.0 Å². The molecule has 1 fully saturated rings. The van der Waals surface area contributed by atoms with Gasteiger partial charge in [-0.3, -0.25) is 10.1 Å². The highest BCUT2D eigenvalue weighted by atomic mass is 32.1. The van der Waals surface area contributed by atoms with Crippen molar-refractivity contribution in [3.8, 4) is 11.3 Å². The molecule has 0 radical (unpaired) electrons. The second-order valence-electron chi connectivity index (χ2n) is 5.24. The molecule has 0 aliphatic carbocycles. The Morgan fingerprint density at radius 3 is 2.78 bits per heavy atom. The summed E-state index contributed by atoms with van der Waals surface area (Å²) in [6.45, 7) is 0.307. The Kier molecular flexibility index (Phi) is 3.02. The van der Waals surface area contributed by atoms with Crippen molar-refractivity contribution < 1.29 is 14.3 Å². The van der Waals surface area contributed by atoms with E-state index in [2.05, 4.69) is 15.6 Å². The molecule has 7 heteroatoms. The van der Waals surface area contributed by atoms with E-state index >= 15 is 0 Å². The number of ether oxygens (including phenoxy) is 1. The first-order valence-electron chi connectivity index (χ1n) is 6.93. The molecule has 1 amide bonds. The summed E-state index contributed by atoms with van der Waals surface area (Å²) in [5.41, 5.74) is 4.50. The Morgan fingerprint density at radius 1 is 1.13 bits per heavy atom. The Hall–Kier alpha value is -2.93. The fraction of sp³-hybridized carbons (Fsp3) is 0.0625. The number of hydrogen-bond acceptors (Lipinski definition) is 4. The van der Waals surface area contributed by atoms with E-state index in [1.54, 1.807) is 12.1 Å². The van der Waals surface area contributed by atoms with Crippen LogP contribution in [0.5, 0.6) is 0 Å². The van der Waals surface area contributed by atoms with Crippen LogP contribution in [0.4, 0.5) is 0 Å². The number of esters is 1. The molecule has 3 N–H and O–H groups in total. The zero-order valence-corrected chi connectivity index (χ0v) is 12.6. The van der Waals surface area contributed by atoms with Crippen molar-refractivity contribution in [2.24, 2.45) is 0 Å². The average molecular weight is 325 g/mol. The van der Waals surface area contributed by atoms with E-state index in [4.69, 9.17) is 17.0 Å². The minimum atomic E-state index is -0.280. The topological polar surface area (TPSA) is 83.2 Å². The lowest BCUT2D eigenvalue weighted by Gasteiger charge is -2.00. The smallest absolute Gasteiger partial charge is 0.338 e. The number of fused-ring (bicyclic) bond motifs is 1. The Bertz CT molecular complexity index is 898. The van der Waals surface area contributed by atoms with Crippen LogP contribution in [-0.4, -0.2) is 22.0 Å². The molecule has 3 heterocycles. The minimum Gasteiger partial charge on any atom is -0.457 e. The molecule has 1 aromatic carbocycles. The lowest BCUT2D eigenvalue weighted by Crippen LogP contribution is -2.21. The van der Waals surface area contributed by atoms with Gasteiger partial charge in [-0.15, -0.1) is 0 Å². The number of thiocarbonyl (C=S) groups is 1. The Balaban J connectivity index is 1.64. The number of benzene rings is 1. The van der Waals surface area contributed by atoms with Crippen molar-refractivity contribution >= 4 is 35.3 Å². The highest BCUT2D eigenvalue weighted by molar-refractivity contribution is 7.80. The summed E-state index contributed by atoms with van der Waals surface area (Å²) in [5.74, 6) is -0.530. The molecule has 2 aliphatic heterocycles. The zero-order chi connectivity index (χ0) is 16.0. The molecule has 4 rings (SSSR count). The van der Waals surface area contributed by atoms with E-state index in [9.17, 15) is 9.59 Å². The van der Waals surface area contributed by atoms with Crippen LogP contribution in [0.1, 0.15) is 21.6 Å². The van der Waals surface area contributed by atoms with Gasteiger partial charge >= 0.3 is 5.97 Å². The molecule has 0 unspecified atom stereocenters. The lowest BCUT2D eigenvalue weighted by atomic mass is 10.0. The molecule has 0 bridgehead atoms. The molecule has 0 saturated carbocycles. The molecule has 0 spiro atoms. The highest BCUT2D eigenvalue weighted by Crippen LogP contribution is 2.27. The number of aromatic amines is 1. The summed E-state index contributed by atoms with van der Waals surface area (Å²) in [5, 5.41) is 5.61. The first-order valence-corrected chi connectivity index (χ1v) is 7.34. The SMILES string of the molecule is O=C1NC(=S)N/C1=C\c1ccc(-c2ccc3c(c2)COC3=O)[nH]1. The van der Waals surface area contributed by atoms with Crippen molar-refractivity contribution in [1.29, 1.82) is 0 Å². The number of amides is 1. The lowest BCUT2D eigenvalue weighted by molar-refractivity contribution is -0.115. The number of carbonyl (C=O) groups excluding carboxylic acids is 2. The van der Waals surface area contributed by atoms with Crippen molar-refractivity contribution in [2.45, 2.75) is 6.61 Å². The molecule has 2 aliphatic rings. The summed E-state index contributed by atoms with van der Waals surface area (Å²) in [7, 11) is 0. The fourth-order valence-electron chi connectivity index (χ4n) is 2.60. The van der Waals surface area contributed by atoms with Crippen LogP contribution in [0.2, 0.25) is 0 Å². The quantitative estimate of drug-likeness (QED) is 0.445. The summed E-state index contributed by atoms with van der Waals surface area (Å²) >= 11 is 4.89. The fourth-order valence-corrected chi connectivity index (χ4v) is 2.81. The van der Waals surface area contributed by atoms with Crippen LogP contribution in [0.3, 0.4) is 0 Å². The maximum atomic E-state index is 11.6. The summed E-state index contributed by atoms with van der Waals surface area (Å²) in [4.78, 5) is 26.3. The number of hydrogen-bond donors (Lipinski definition) is 3. The predicted octanol–water partition coefficient (Wildman–Crippen LogP) is 1.70. The van der Waals surface area contributed by atoms with E-state index < -0.39 is 0 Å². The van der Waals surface area contributed by atoms with Crippen LogP contribution >= 0.6 is 12.2 Å². The van der Waals surface area contributed by atoms with Gasteiger partial charge in [-0.05, 0) is 48.1 Å². The van der Waals surface area contributed by atoms with Gasteiger partial charge in [-0.1, -0.05) is 6.07 Å². The second-order valence-corrected chi connectivity index (χ2v) is 5.65. The molecule has 1 aromatic heterocycles. The van der Waals surface area contributed by atoms with Crippen LogP contribution in [-0.2, 0) is 16.1 Å². The van der Waals surface area contributed by atoms with Gasteiger partial charge in [0.15, 0.2) is 5.11 Å². The standard InChI is InChI=1S/C16H11N3O3S/c20-14-13(18-16(23)19-14)6-10-2-4-12(17-10)8-1-3-11-9(5-8)7-22-15(11)21/h1-6,17H,7H2,(H2,18,19,20,23)/b13-6-. The van der Waals surface area contributed by atoms with E-state index in [1.165, 1.54) is 0 Å². The van der Waals surface area contributed by atoms with Crippen molar-refractivity contribution in [1.82, 2.24) is 15.6 Å². The van der Waals surface area contributed by atoms with E-state index in [0.717, 1.165) is 22.5 Å². The van der Waals surface area contributed by atoms with Gasteiger partial charge < -0.3 is 15.0 Å². The van der Waals surface area contributed by atoms with Crippen LogP contribution in [0.15, 0.2) is 36.0 Å². The van der Waals surface area contributed by atoms with E-state index in [0.29, 0.717) is 23.0 Å². The van der Waals surface area contributed by atoms with Gasteiger partial charge in [-0.25, -0.2) is 4.79 Å². The number of rotatable bonds is 2. The first kappa shape index (κ1) is 13.7. The highest BCUT2D eigenvalue weighted by Gasteiger charge is 2.22. The number of cyclic esters (lactones) is 1. The second kappa shape index (κ2) is 5.06. The number of carbonyl (C=O) groups is 2. The van der Waals surface area contributed by atoms with Gasteiger partial charge in [0.1, 0.15) is 12.3 Å². The molecule has 2 aromatic rings. The molecule has 114 valence electrons. The van der Waals surface area contributed by atoms with Crippen LogP contribution in [0, 0.1) is 0 Å². The zero-order valence-electron chi connectivity index (χ0n) is 11.8. The van der Waals surface area contributed by atoms with E-state index in [1.807, 2.05) is 24.3 Å². The predicted molar refractivity (Wildman–Crippen MR) is 87.2 cm³/mol. The normalized spacial score (nSPS) is 17.9. The van der Waals surface area contributed by atoms with Crippen LogP contribution < -0.4 is 10.6 Å². The number of aromatic nitrogens is 1. The third-order valence-electron chi connectivity index (χ3n) is 3.72. The molecule has 6 nitrogen and oxygen atoms in total. The average Bonchev–Trinajstić information content (AvgIpc) is 3.21. The molecular weight excluding hydrogens is 314 g/mol. The largest absolute Gasteiger partial charge is 0.457 e. The Labute approximate surface area is 136 Å². The maximum Gasteiger partial charge on any atom is 0.338 e. The monoisotopic (exact) mass is 325 g/mol. The maximum absolute atomic E-state index is 11.6. The summed E-state index contributed by atoms with van der Waals surface area (Å²) in [6, 6.07) is 9.34. The molecule has 23 heavy (non-hydrogen) atoms. The van der Waals surface area contributed by atoms with Crippen molar-refractivity contribution in [3.05, 3.63) is 52.8 Å². The number of nitrogens with one attached hydrogen (secondary N) is 3. The Morgan fingerprint density at radius 2 is 2.00 bits per heavy atom. The van der Waals surface area contributed by atoms with Gasteiger partial charge in [0.2, 0.25) is 0 Å². The molecular formula is C16H11N3O3S. The number of H-pyrrole nitrogens is 1. The molecule has 0 atom stereocenters. The first-order chi connectivity index (χ1) is 11.1. The van der Waals surface area contributed by atoms with Gasteiger partial charge in [0.05, 0.1) is 5.56 Å². The van der Waals surface area contributed by atoms with Crippen molar-refractivity contribution in [3.63, 3.8) is 0 Å². The van der Waals surface area contributed by atoms with E-state index in [-0.39, 0.29) is 11.9 Å². The molecule has 1 saturated heterocycles. The van der Waals surface area contributed by atoms with Gasteiger partial charge in [0.25, 0.3) is 5.91 Å². The third kappa shape index (κ3) is 2.40. The van der Waals surface area contributed by atoms with Gasteiger partial charge in [-0.2, -0.15) is 0 Å². The third-order valence-corrected chi connectivity index (χ3v) is 3.93.